The van der Waals surface area contributed by atoms with Gasteiger partial charge in [-0.25, -0.2) is 0 Å². The van der Waals surface area contributed by atoms with Crippen LogP contribution in [-0.2, 0) is 0 Å². The van der Waals surface area contributed by atoms with Crippen LogP contribution in [0, 0.1) is 0 Å². The van der Waals surface area contributed by atoms with Crippen molar-refractivity contribution in [3.63, 3.8) is 0 Å². The first kappa shape index (κ1) is 12.4. The van der Waals surface area contributed by atoms with E-state index in [4.69, 9.17) is 11.6 Å². The number of hydrogen-bond donors (Lipinski definition) is 0. The minimum atomic E-state index is -1.38. The molecule has 17 heavy (non-hydrogen) atoms. The number of fused-ring (bicyclic) bond motifs is 1. The summed E-state index contributed by atoms with van der Waals surface area (Å²) in [4.78, 5) is 0. The summed E-state index contributed by atoms with van der Waals surface area (Å²) in [6.45, 7) is 6.77. The second kappa shape index (κ2) is 4.67. The van der Waals surface area contributed by atoms with Gasteiger partial charge in [-0.15, -0.1) is 0 Å². The van der Waals surface area contributed by atoms with E-state index in [1.807, 2.05) is 0 Å². The molecule has 0 aromatic heterocycles. The third-order valence-corrected chi connectivity index (χ3v) is 6.17. The Hall–Kier alpha value is -1.05. The molecule has 0 unspecified atom stereocenters. The van der Waals surface area contributed by atoms with E-state index in [1.54, 1.807) is 0 Å². The summed E-state index contributed by atoms with van der Waals surface area (Å²) in [5, 5.41) is 2.54. The molecule has 0 aliphatic heterocycles. The lowest BCUT2D eigenvalue weighted by atomic mass is 10.1. The number of halogens is 1. The Kier molecular flexibility index (Phi) is 3.41. The van der Waals surface area contributed by atoms with Gasteiger partial charge in [0.15, 0.2) is 0 Å². The first-order valence-electron chi connectivity index (χ1n) is 5.83. The van der Waals surface area contributed by atoms with Gasteiger partial charge in [0.25, 0.3) is 0 Å². The summed E-state index contributed by atoms with van der Waals surface area (Å²) in [5.74, 6) is 0. The van der Waals surface area contributed by atoms with Gasteiger partial charge in [0.1, 0.15) is 0 Å². The highest BCUT2D eigenvalue weighted by atomic mass is 35.5. The molecule has 0 radical (unpaired) electrons. The smallest absolute Gasteiger partial charge is 0.0922 e. The van der Waals surface area contributed by atoms with Gasteiger partial charge < -0.3 is 0 Å². The van der Waals surface area contributed by atoms with Gasteiger partial charge in [-0.2, -0.15) is 0 Å². The van der Waals surface area contributed by atoms with Crippen molar-refractivity contribution >= 4 is 36.5 Å². The van der Waals surface area contributed by atoms with Crippen LogP contribution in [0.15, 0.2) is 47.1 Å². The number of hydrogen-bond acceptors (Lipinski definition) is 0. The monoisotopic (exact) mass is 260 g/mol. The first-order chi connectivity index (χ1) is 7.97. The average molecular weight is 261 g/mol. The van der Waals surface area contributed by atoms with Gasteiger partial charge in [-0.3, -0.25) is 0 Å². The predicted molar refractivity (Wildman–Crippen MR) is 81.1 cm³/mol. The zero-order chi connectivity index (χ0) is 12.5. The summed E-state index contributed by atoms with van der Waals surface area (Å²) >= 11 is 6.37. The van der Waals surface area contributed by atoms with Crippen LogP contribution in [-0.4, -0.2) is 8.07 Å². The molecule has 0 saturated heterocycles. The molecule has 2 aromatic rings. The Morgan fingerprint density at radius 2 is 1.65 bits per heavy atom. The summed E-state index contributed by atoms with van der Waals surface area (Å²) in [6.07, 6.45) is 2.11. The van der Waals surface area contributed by atoms with Crippen LogP contribution in [0.1, 0.15) is 5.56 Å². The molecule has 0 aliphatic carbocycles. The van der Waals surface area contributed by atoms with E-state index < -0.39 is 8.07 Å². The van der Waals surface area contributed by atoms with Gasteiger partial charge in [0.05, 0.1) is 8.07 Å². The third-order valence-electron chi connectivity index (χ3n) is 2.78. The average Bonchev–Trinajstić information content (AvgIpc) is 2.27. The van der Waals surface area contributed by atoms with Crippen molar-refractivity contribution in [2.75, 3.05) is 0 Å². The topological polar surface area (TPSA) is 0 Å². The predicted octanol–water partition coefficient (Wildman–Crippen LogP) is 5.30. The second-order valence-corrected chi connectivity index (χ2v) is 11.1. The molecule has 0 bridgehead atoms. The SMILES string of the molecule is C[Si](C)(C)/C(Cl)=C/c1ccc2ccccc2c1. The van der Waals surface area contributed by atoms with E-state index in [0.29, 0.717) is 0 Å². The lowest BCUT2D eigenvalue weighted by molar-refractivity contribution is 1.69. The third kappa shape index (κ3) is 2.99. The van der Waals surface area contributed by atoms with Gasteiger partial charge in [-0.05, 0) is 28.5 Å². The van der Waals surface area contributed by atoms with Crippen LogP contribution in [0.5, 0.6) is 0 Å². The lowest BCUT2D eigenvalue weighted by Crippen LogP contribution is -2.20. The molecule has 0 nitrogen and oxygen atoms in total. The lowest BCUT2D eigenvalue weighted by Gasteiger charge is -2.14. The highest BCUT2D eigenvalue weighted by Gasteiger charge is 2.17. The van der Waals surface area contributed by atoms with Crippen LogP contribution in [0.4, 0.5) is 0 Å². The van der Waals surface area contributed by atoms with Crippen LogP contribution in [0.25, 0.3) is 16.8 Å². The van der Waals surface area contributed by atoms with Crippen molar-refractivity contribution in [3.8, 4) is 0 Å². The molecule has 0 aliphatic rings. The Morgan fingerprint density at radius 1 is 1.00 bits per heavy atom. The molecular formula is C15H17ClSi. The molecule has 2 rings (SSSR count). The van der Waals surface area contributed by atoms with Crippen LogP contribution < -0.4 is 0 Å². The Morgan fingerprint density at radius 3 is 2.29 bits per heavy atom. The Bertz CT molecular complexity index is 564. The molecule has 2 aromatic carbocycles. The molecule has 88 valence electrons. The fraction of sp³-hybridized carbons (Fsp3) is 0.200. The number of rotatable bonds is 2. The van der Waals surface area contributed by atoms with E-state index in [-0.39, 0.29) is 0 Å². The largest absolute Gasteiger partial charge is 0.0943 e. The molecule has 0 N–H and O–H groups in total. The van der Waals surface area contributed by atoms with E-state index in [1.165, 1.54) is 16.3 Å². The minimum Gasteiger partial charge on any atom is -0.0943 e. The molecule has 0 spiro atoms. The highest BCUT2D eigenvalue weighted by molar-refractivity contribution is 6.91. The summed E-state index contributed by atoms with van der Waals surface area (Å²) < 4.78 is 1.02. The zero-order valence-corrected chi connectivity index (χ0v) is 12.3. The molecule has 0 fully saturated rings. The maximum atomic E-state index is 6.37. The van der Waals surface area contributed by atoms with Crippen molar-refractivity contribution < 1.29 is 0 Å². The van der Waals surface area contributed by atoms with Crippen LogP contribution >= 0.6 is 11.6 Å². The number of benzene rings is 2. The van der Waals surface area contributed by atoms with E-state index >= 15 is 0 Å². The van der Waals surface area contributed by atoms with Crippen molar-refractivity contribution in [2.45, 2.75) is 19.6 Å². The fourth-order valence-electron chi connectivity index (χ4n) is 1.66. The Labute approximate surface area is 109 Å². The summed E-state index contributed by atoms with van der Waals surface area (Å²) in [6, 6.07) is 14.9. The van der Waals surface area contributed by atoms with Crippen molar-refractivity contribution in [2.24, 2.45) is 0 Å². The van der Waals surface area contributed by atoms with E-state index in [2.05, 4.69) is 68.2 Å². The van der Waals surface area contributed by atoms with Crippen molar-refractivity contribution in [1.82, 2.24) is 0 Å². The Balaban J connectivity index is 2.44. The maximum absolute atomic E-state index is 6.37. The van der Waals surface area contributed by atoms with Gasteiger partial charge in [0.2, 0.25) is 0 Å². The molecule has 0 amide bonds. The zero-order valence-electron chi connectivity index (χ0n) is 10.5. The maximum Gasteiger partial charge on any atom is 0.0922 e. The van der Waals surface area contributed by atoms with Gasteiger partial charge >= 0.3 is 0 Å². The van der Waals surface area contributed by atoms with Gasteiger partial charge in [0, 0.05) is 4.66 Å². The van der Waals surface area contributed by atoms with Crippen molar-refractivity contribution in [1.29, 1.82) is 0 Å². The van der Waals surface area contributed by atoms with E-state index in [0.717, 1.165) is 4.66 Å². The normalized spacial score (nSPS) is 13.1. The van der Waals surface area contributed by atoms with Gasteiger partial charge in [-0.1, -0.05) is 67.6 Å². The summed E-state index contributed by atoms with van der Waals surface area (Å²) in [7, 11) is -1.38. The standard InChI is InChI=1S/C15H17ClSi/c1-17(2,3)15(16)11-12-8-9-13-6-4-5-7-14(13)10-12/h4-11H,1-3H3/b15-11+. The fourth-order valence-corrected chi connectivity index (χ4v) is 2.39. The second-order valence-electron chi connectivity index (χ2n) is 5.35. The van der Waals surface area contributed by atoms with Crippen LogP contribution in [0.2, 0.25) is 19.6 Å². The highest BCUT2D eigenvalue weighted by Crippen LogP contribution is 2.23. The molecule has 0 saturated carbocycles. The van der Waals surface area contributed by atoms with Crippen molar-refractivity contribution in [3.05, 3.63) is 52.7 Å². The molecular weight excluding hydrogens is 244 g/mol. The first-order valence-corrected chi connectivity index (χ1v) is 9.71. The summed E-state index contributed by atoms with van der Waals surface area (Å²) in [5.41, 5.74) is 1.19. The van der Waals surface area contributed by atoms with Crippen LogP contribution in [0.3, 0.4) is 0 Å². The minimum absolute atomic E-state index is 1.02. The molecule has 2 heteroatoms. The molecule has 0 atom stereocenters. The molecule has 0 heterocycles. The van der Waals surface area contributed by atoms with E-state index in [9.17, 15) is 0 Å². The quantitative estimate of drug-likeness (QED) is 0.643.